The van der Waals surface area contributed by atoms with E-state index < -0.39 is 10.0 Å². The Balaban J connectivity index is 1.94. The monoisotopic (exact) mass is 330 g/mol. The predicted octanol–water partition coefficient (Wildman–Crippen LogP) is 1.15. The van der Waals surface area contributed by atoms with Crippen molar-refractivity contribution in [2.75, 3.05) is 13.1 Å². The van der Waals surface area contributed by atoms with Crippen LogP contribution in [0.4, 0.5) is 0 Å². The van der Waals surface area contributed by atoms with Crippen molar-refractivity contribution in [2.24, 2.45) is 0 Å². The molecule has 116 valence electrons. The number of nitrogens with zero attached hydrogens (tertiary/aromatic N) is 2. The van der Waals surface area contributed by atoms with Crippen LogP contribution in [0.3, 0.4) is 0 Å². The van der Waals surface area contributed by atoms with Gasteiger partial charge in [-0.05, 0) is 24.4 Å². The van der Waals surface area contributed by atoms with Gasteiger partial charge < -0.3 is 9.84 Å². The third-order valence-corrected chi connectivity index (χ3v) is 5.35. The van der Waals surface area contributed by atoms with Crippen molar-refractivity contribution < 1.29 is 12.9 Å². The number of hydrogen-bond donors (Lipinski definition) is 2. The van der Waals surface area contributed by atoms with E-state index in [-0.39, 0.29) is 6.54 Å². The van der Waals surface area contributed by atoms with Gasteiger partial charge in [0, 0.05) is 24.4 Å². The average Bonchev–Trinajstić information content (AvgIpc) is 3.10. The lowest BCUT2D eigenvalue weighted by atomic mass is 10.4. The molecule has 2 N–H and O–H groups in total. The molecule has 0 saturated heterocycles. The Morgan fingerprint density at radius 2 is 2.24 bits per heavy atom. The van der Waals surface area contributed by atoms with Crippen LogP contribution in [-0.2, 0) is 23.0 Å². The summed E-state index contributed by atoms with van der Waals surface area (Å²) in [4.78, 5) is 5.00. The van der Waals surface area contributed by atoms with Gasteiger partial charge in [-0.15, -0.1) is 11.3 Å². The van der Waals surface area contributed by atoms with E-state index in [1.165, 1.54) is 17.7 Å². The Morgan fingerprint density at radius 1 is 1.38 bits per heavy atom. The molecule has 0 radical (unpaired) electrons. The van der Waals surface area contributed by atoms with Crippen LogP contribution in [-0.4, -0.2) is 31.6 Å². The molecule has 2 aromatic heterocycles. The van der Waals surface area contributed by atoms with E-state index in [1.807, 2.05) is 0 Å². The maximum atomic E-state index is 12.3. The van der Waals surface area contributed by atoms with Crippen molar-refractivity contribution in [1.29, 1.82) is 0 Å². The van der Waals surface area contributed by atoms with Crippen LogP contribution in [0.1, 0.15) is 24.0 Å². The van der Waals surface area contributed by atoms with Crippen molar-refractivity contribution in [2.45, 2.75) is 31.2 Å². The van der Waals surface area contributed by atoms with Crippen LogP contribution < -0.4 is 10.0 Å². The Morgan fingerprint density at radius 3 is 2.95 bits per heavy atom. The van der Waals surface area contributed by atoms with Gasteiger partial charge in [0.2, 0.25) is 16.4 Å². The van der Waals surface area contributed by atoms with E-state index in [1.54, 1.807) is 11.4 Å². The molecule has 0 unspecified atom stereocenters. The molecular weight excluding hydrogens is 312 g/mol. The number of sulfonamides is 1. The van der Waals surface area contributed by atoms with E-state index >= 15 is 0 Å². The van der Waals surface area contributed by atoms with Gasteiger partial charge in [-0.25, -0.2) is 13.1 Å². The van der Waals surface area contributed by atoms with Gasteiger partial charge in [0.15, 0.2) is 5.82 Å². The molecular formula is C12H18N4O3S2. The molecule has 0 amide bonds. The third kappa shape index (κ3) is 4.60. The lowest BCUT2D eigenvalue weighted by Crippen LogP contribution is -2.27. The van der Waals surface area contributed by atoms with Crippen molar-refractivity contribution >= 4 is 21.4 Å². The number of thiophene rings is 1. The second-order valence-corrected chi connectivity index (χ2v) is 7.12. The van der Waals surface area contributed by atoms with E-state index in [0.717, 1.165) is 17.8 Å². The zero-order chi connectivity index (χ0) is 15.1. The fourth-order valence-corrected chi connectivity index (χ4v) is 4.20. The first-order chi connectivity index (χ1) is 10.1. The van der Waals surface area contributed by atoms with E-state index in [0.29, 0.717) is 23.7 Å². The van der Waals surface area contributed by atoms with Crippen LogP contribution in [0.2, 0.25) is 0 Å². The van der Waals surface area contributed by atoms with Gasteiger partial charge in [-0.3, -0.25) is 0 Å². The van der Waals surface area contributed by atoms with Crippen LogP contribution in [0, 0.1) is 0 Å². The average molecular weight is 330 g/mol. The molecule has 0 saturated carbocycles. The highest BCUT2D eigenvalue weighted by Gasteiger charge is 2.19. The molecule has 0 atom stereocenters. The molecule has 2 heterocycles. The van der Waals surface area contributed by atoms with Crippen LogP contribution in [0.15, 0.2) is 27.3 Å². The molecule has 0 bridgehead atoms. The molecule has 2 rings (SSSR count). The quantitative estimate of drug-likeness (QED) is 0.670. The highest BCUT2D eigenvalue weighted by Crippen LogP contribution is 2.21. The van der Waals surface area contributed by atoms with E-state index in [4.69, 9.17) is 0 Å². The van der Waals surface area contributed by atoms with Crippen molar-refractivity contribution in [3.63, 3.8) is 0 Å². The Kier molecular flexibility index (Phi) is 5.85. The molecule has 0 aromatic carbocycles. The molecule has 0 aliphatic rings. The lowest BCUT2D eigenvalue weighted by Gasteiger charge is -2.07. The summed E-state index contributed by atoms with van der Waals surface area (Å²) < 4.78 is 31.7. The summed E-state index contributed by atoms with van der Waals surface area (Å²) in [6.07, 6.45) is 2.62. The summed E-state index contributed by atoms with van der Waals surface area (Å²) in [6, 6.07) is 1.63. The molecule has 2 aromatic rings. The van der Waals surface area contributed by atoms with E-state index in [9.17, 15) is 8.42 Å². The van der Waals surface area contributed by atoms with Gasteiger partial charge in [0.1, 0.15) is 0 Å². The van der Waals surface area contributed by atoms with Gasteiger partial charge in [0.05, 0.1) is 4.90 Å². The summed E-state index contributed by atoms with van der Waals surface area (Å²) in [5.74, 6) is 0.479. The molecule has 0 aliphatic carbocycles. The second kappa shape index (κ2) is 7.64. The molecule has 0 aliphatic heterocycles. The lowest BCUT2D eigenvalue weighted by molar-refractivity contribution is 0.410. The van der Waals surface area contributed by atoms with Gasteiger partial charge >= 0.3 is 0 Å². The fourth-order valence-electron chi connectivity index (χ4n) is 1.75. The fraction of sp³-hybridized carbons (Fsp3) is 0.500. The highest BCUT2D eigenvalue weighted by atomic mass is 32.2. The summed E-state index contributed by atoms with van der Waals surface area (Å²) in [5.41, 5.74) is 0. The van der Waals surface area contributed by atoms with Crippen molar-refractivity contribution in [3.05, 3.63) is 28.5 Å². The largest absolute Gasteiger partial charge is 0.343 e. The minimum absolute atomic E-state index is 0.236. The molecule has 9 heteroatoms. The normalized spacial score (nSPS) is 11.9. The third-order valence-electron chi connectivity index (χ3n) is 2.75. The minimum atomic E-state index is -3.50. The predicted molar refractivity (Wildman–Crippen MR) is 79.5 cm³/mol. The summed E-state index contributed by atoms with van der Waals surface area (Å²) in [5, 5.41) is 8.64. The molecule has 21 heavy (non-hydrogen) atoms. The first-order valence-corrected chi connectivity index (χ1v) is 9.01. The molecule has 0 fully saturated rings. The maximum Gasteiger partial charge on any atom is 0.241 e. The number of aromatic nitrogens is 2. The SMILES string of the molecule is CCCNCc1sccc1S(=O)(=O)NCCc1ncon1. The van der Waals surface area contributed by atoms with Crippen LogP contribution in [0.5, 0.6) is 0 Å². The number of rotatable bonds is 9. The van der Waals surface area contributed by atoms with Crippen LogP contribution in [0.25, 0.3) is 0 Å². The highest BCUT2D eigenvalue weighted by molar-refractivity contribution is 7.89. The number of nitrogens with one attached hydrogen (secondary N) is 2. The summed E-state index contributed by atoms with van der Waals surface area (Å²) in [6.45, 7) is 3.73. The topological polar surface area (TPSA) is 97.1 Å². The van der Waals surface area contributed by atoms with E-state index in [2.05, 4.69) is 31.6 Å². The van der Waals surface area contributed by atoms with Crippen LogP contribution >= 0.6 is 11.3 Å². The Labute approximate surface area is 127 Å². The first kappa shape index (κ1) is 16.1. The smallest absolute Gasteiger partial charge is 0.241 e. The zero-order valence-corrected chi connectivity index (χ0v) is 13.3. The van der Waals surface area contributed by atoms with Gasteiger partial charge in [0.25, 0.3) is 0 Å². The Hall–Kier alpha value is -1.29. The zero-order valence-electron chi connectivity index (χ0n) is 11.7. The Bertz CT molecular complexity index is 637. The first-order valence-electron chi connectivity index (χ1n) is 6.65. The summed E-state index contributed by atoms with van der Waals surface area (Å²) >= 11 is 1.44. The standard InChI is InChI=1S/C12H18N4O3S2/c1-2-5-13-8-10-11(4-7-20-10)21(17,18)15-6-3-12-14-9-19-16-12/h4,7,9,13,15H,2-3,5-6,8H2,1H3. The van der Waals surface area contributed by atoms with Crippen molar-refractivity contribution in [3.8, 4) is 0 Å². The van der Waals surface area contributed by atoms with Crippen molar-refractivity contribution in [1.82, 2.24) is 20.2 Å². The van der Waals surface area contributed by atoms with Gasteiger partial charge in [-0.1, -0.05) is 12.1 Å². The second-order valence-electron chi connectivity index (χ2n) is 4.38. The number of hydrogen-bond acceptors (Lipinski definition) is 7. The molecule has 7 nitrogen and oxygen atoms in total. The molecule has 0 spiro atoms. The summed E-state index contributed by atoms with van der Waals surface area (Å²) in [7, 11) is -3.50. The maximum absolute atomic E-state index is 12.3. The minimum Gasteiger partial charge on any atom is -0.343 e. The van der Waals surface area contributed by atoms with Gasteiger partial charge in [-0.2, -0.15) is 4.98 Å².